The Morgan fingerprint density at radius 3 is 2.64 bits per heavy atom. The highest BCUT2D eigenvalue weighted by molar-refractivity contribution is 8.26. The normalized spacial score (nSPS) is 18.8. The molecule has 176 valence electrons. The minimum atomic E-state index is -0.161. The smallest absolute Gasteiger partial charge is 0.267 e. The Morgan fingerprint density at radius 1 is 1.15 bits per heavy atom. The number of nitrogens with zero attached hydrogens (tertiary/aromatic N) is 5. The topological polar surface area (TPSA) is 61.2 Å². The lowest BCUT2D eigenvalue weighted by atomic mass is 10.2. The van der Waals surface area contributed by atoms with E-state index in [1.165, 1.54) is 11.8 Å². The summed E-state index contributed by atoms with van der Waals surface area (Å²) in [4.78, 5) is 38.2. The molecule has 2 saturated heterocycles. The average molecular weight is 486 g/mol. The Balaban J connectivity index is 1.73. The molecule has 0 saturated carbocycles. The summed E-state index contributed by atoms with van der Waals surface area (Å²) < 4.78 is 2.14. The number of pyridine rings is 1. The Hall–Kier alpha value is -2.23. The van der Waals surface area contributed by atoms with Gasteiger partial charge in [0, 0.05) is 38.9 Å². The van der Waals surface area contributed by atoms with Crippen molar-refractivity contribution in [1.29, 1.82) is 0 Å². The van der Waals surface area contributed by atoms with Gasteiger partial charge >= 0.3 is 0 Å². The fraction of sp³-hybridized carbons (Fsp3) is 0.500. The van der Waals surface area contributed by atoms with Gasteiger partial charge in [0.05, 0.1) is 10.5 Å². The number of unbranched alkanes of at least 4 members (excludes halogenated alkanes) is 3. The van der Waals surface area contributed by atoms with E-state index >= 15 is 0 Å². The number of hydrogen-bond acceptors (Lipinski definition) is 7. The Morgan fingerprint density at radius 2 is 1.91 bits per heavy atom. The number of piperazine rings is 1. The summed E-state index contributed by atoms with van der Waals surface area (Å²) in [6.07, 6.45) is 7.75. The molecule has 2 aromatic rings. The summed E-state index contributed by atoms with van der Waals surface area (Å²) in [5.41, 5.74) is 1.88. The summed E-state index contributed by atoms with van der Waals surface area (Å²) in [5, 5.41) is 0. The molecule has 0 aromatic carbocycles. The number of carbonyl (C=O) groups excluding carboxylic acids is 1. The minimum absolute atomic E-state index is 0.112. The first kappa shape index (κ1) is 23.9. The van der Waals surface area contributed by atoms with Gasteiger partial charge < -0.3 is 9.80 Å². The van der Waals surface area contributed by atoms with Crippen LogP contribution in [0.2, 0.25) is 0 Å². The molecular formula is C24H31N5O2S2. The fourth-order valence-electron chi connectivity index (χ4n) is 4.21. The van der Waals surface area contributed by atoms with E-state index in [-0.39, 0.29) is 11.5 Å². The molecule has 33 heavy (non-hydrogen) atoms. The molecule has 0 unspecified atom stereocenters. The number of amides is 1. The van der Waals surface area contributed by atoms with Crippen LogP contribution in [0.3, 0.4) is 0 Å². The monoisotopic (exact) mass is 485 g/mol. The van der Waals surface area contributed by atoms with Gasteiger partial charge in [0.15, 0.2) is 0 Å². The molecular weight excluding hydrogens is 454 g/mol. The zero-order chi connectivity index (χ0) is 23.5. The summed E-state index contributed by atoms with van der Waals surface area (Å²) in [6, 6.07) is 3.80. The standard InChI is InChI=1S/C24H31N5O2S2/c1-4-5-6-7-10-29-23(31)19(33-24(29)32)16-18-21(27-14-12-26(3)13-15-27)25-20-17(2)9-8-11-28(20)22(18)30/h8-9,11,16H,4-7,10,12-15H2,1-3H3/b19-16+. The van der Waals surface area contributed by atoms with E-state index in [1.54, 1.807) is 21.6 Å². The number of likely N-dealkylation sites (N-methyl/N-ethyl adjacent to an activating group) is 1. The van der Waals surface area contributed by atoms with Gasteiger partial charge in [0.25, 0.3) is 11.5 Å². The van der Waals surface area contributed by atoms with Crippen LogP contribution in [0.4, 0.5) is 5.82 Å². The Labute approximate surface area is 204 Å². The van der Waals surface area contributed by atoms with Gasteiger partial charge in [-0.3, -0.25) is 18.9 Å². The zero-order valence-electron chi connectivity index (χ0n) is 19.5. The molecule has 2 aliphatic heterocycles. The van der Waals surface area contributed by atoms with Crippen LogP contribution in [0.25, 0.3) is 11.7 Å². The van der Waals surface area contributed by atoms with Gasteiger partial charge in [-0.05, 0) is 38.1 Å². The van der Waals surface area contributed by atoms with Crippen molar-refractivity contribution in [3.63, 3.8) is 0 Å². The van der Waals surface area contributed by atoms with Crippen molar-refractivity contribution >= 4 is 51.7 Å². The van der Waals surface area contributed by atoms with Gasteiger partial charge in [0.2, 0.25) is 0 Å². The maximum absolute atomic E-state index is 13.6. The molecule has 1 amide bonds. The number of hydrogen-bond donors (Lipinski definition) is 0. The third-order valence-corrected chi connectivity index (χ3v) is 7.63. The van der Waals surface area contributed by atoms with Crippen molar-refractivity contribution in [2.24, 2.45) is 0 Å². The Bertz CT molecular complexity index is 1150. The number of aryl methyl sites for hydroxylation is 1. The van der Waals surface area contributed by atoms with E-state index in [0.717, 1.165) is 57.4 Å². The van der Waals surface area contributed by atoms with Crippen LogP contribution in [0.15, 0.2) is 28.0 Å². The van der Waals surface area contributed by atoms with Crippen molar-refractivity contribution in [1.82, 2.24) is 19.2 Å². The fourth-order valence-corrected chi connectivity index (χ4v) is 5.50. The first-order chi connectivity index (χ1) is 15.9. The van der Waals surface area contributed by atoms with Crippen molar-refractivity contribution in [3.8, 4) is 0 Å². The van der Waals surface area contributed by atoms with E-state index in [2.05, 4.69) is 23.8 Å². The van der Waals surface area contributed by atoms with Gasteiger partial charge in [-0.15, -0.1) is 0 Å². The van der Waals surface area contributed by atoms with Crippen LogP contribution in [0.1, 0.15) is 43.7 Å². The van der Waals surface area contributed by atoms with Crippen LogP contribution in [-0.4, -0.2) is 69.2 Å². The lowest BCUT2D eigenvalue weighted by molar-refractivity contribution is -0.122. The first-order valence-electron chi connectivity index (χ1n) is 11.6. The van der Waals surface area contributed by atoms with E-state index in [9.17, 15) is 9.59 Å². The largest absolute Gasteiger partial charge is 0.353 e. The second-order valence-electron chi connectivity index (χ2n) is 8.72. The average Bonchev–Trinajstić information content (AvgIpc) is 3.06. The van der Waals surface area contributed by atoms with Crippen molar-refractivity contribution in [2.75, 3.05) is 44.7 Å². The second-order valence-corrected chi connectivity index (χ2v) is 10.4. The zero-order valence-corrected chi connectivity index (χ0v) is 21.2. The van der Waals surface area contributed by atoms with Crippen LogP contribution in [-0.2, 0) is 4.79 Å². The van der Waals surface area contributed by atoms with Gasteiger partial charge in [-0.1, -0.05) is 56.2 Å². The van der Waals surface area contributed by atoms with Gasteiger partial charge in [0.1, 0.15) is 15.8 Å². The predicted molar refractivity (Wildman–Crippen MR) is 140 cm³/mol. The highest BCUT2D eigenvalue weighted by Gasteiger charge is 2.32. The number of fused-ring (bicyclic) bond motifs is 1. The molecule has 0 bridgehead atoms. The molecule has 2 aliphatic rings. The summed E-state index contributed by atoms with van der Waals surface area (Å²) in [5.74, 6) is 0.537. The third kappa shape index (κ3) is 5.00. The number of rotatable bonds is 7. The van der Waals surface area contributed by atoms with Gasteiger partial charge in [-0.25, -0.2) is 4.98 Å². The number of anilines is 1. The predicted octanol–water partition coefficient (Wildman–Crippen LogP) is 3.54. The van der Waals surface area contributed by atoms with E-state index < -0.39 is 0 Å². The number of aromatic nitrogens is 2. The minimum Gasteiger partial charge on any atom is -0.353 e. The molecule has 0 N–H and O–H groups in total. The van der Waals surface area contributed by atoms with Crippen LogP contribution in [0.5, 0.6) is 0 Å². The molecule has 4 heterocycles. The molecule has 0 aliphatic carbocycles. The van der Waals surface area contributed by atoms with E-state index in [1.807, 2.05) is 19.1 Å². The summed E-state index contributed by atoms with van der Waals surface area (Å²) >= 11 is 6.78. The Kier molecular flexibility index (Phi) is 7.51. The lowest BCUT2D eigenvalue weighted by Gasteiger charge is -2.34. The van der Waals surface area contributed by atoms with Crippen molar-refractivity contribution < 1.29 is 4.79 Å². The second kappa shape index (κ2) is 10.4. The highest BCUT2D eigenvalue weighted by atomic mass is 32.2. The van der Waals surface area contributed by atoms with Crippen LogP contribution < -0.4 is 10.5 Å². The maximum Gasteiger partial charge on any atom is 0.267 e. The quantitative estimate of drug-likeness (QED) is 0.338. The van der Waals surface area contributed by atoms with Crippen molar-refractivity contribution in [3.05, 3.63) is 44.7 Å². The number of carbonyl (C=O) groups is 1. The van der Waals surface area contributed by atoms with Crippen molar-refractivity contribution in [2.45, 2.75) is 39.5 Å². The van der Waals surface area contributed by atoms with E-state index in [4.69, 9.17) is 17.2 Å². The maximum atomic E-state index is 13.6. The summed E-state index contributed by atoms with van der Waals surface area (Å²) in [6.45, 7) is 8.11. The summed E-state index contributed by atoms with van der Waals surface area (Å²) in [7, 11) is 2.09. The van der Waals surface area contributed by atoms with E-state index in [0.29, 0.717) is 32.8 Å². The molecule has 0 spiro atoms. The SMILES string of the molecule is CCCCCCN1C(=O)/C(=C\c2c(N3CCN(C)CC3)nc3c(C)cccn3c2=O)SC1=S. The van der Waals surface area contributed by atoms with Gasteiger partial charge in [-0.2, -0.15) is 0 Å². The molecule has 2 fully saturated rings. The lowest BCUT2D eigenvalue weighted by Crippen LogP contribution is -2.45. The molecule has 9 heteroatoms. The third-order valence-electron chi connectivity index (χ3n) is 6.25. The first-order valence-corrected chi connectivity index (χ1v) is 12.8. The molecule has 4 rings (SSSR count). The van der Waals surface area contributed by atoms with Crippen LogP contribution >= 0.6 is 24.0 Å². The molecule has 0 radical (unpaired) electrons. The number of thiocarbonyl (C=S) groups is 1. The molecule has 2 aromatic heterocycles. The highest BCUT2D eigenvalue weighted by Crippen LogP contribution is 2.34. The number of thioether (sulfide) groups is 1. The molecule has 0 atom stereocenters. The molecule has 7 nitrogen and oxygen atoms in total. The van der Waals surface area contributed by atoms with Crippen LogP contribution in [0, 0.1) is 6.92 Å².